The van der Waals surface area contributed by atoms with E-state index in [1.807, 2.05) is 31.4 Å². The van der Waals surface area contributed by atoms with E-state index >= 15 is 0 Å². The fraction of sp³-hybridized carbons (Fsp3) is 0. The van der Waals surface area contributed by atoms with Crippen molar-refractivity contribution in [1.82, 2.24) is 0 Å². The third-order valence-electron chi connectivity index (χ3n) is 1.38. The topological polar surface area (TPSA) is 60.0 Å². The average molecular weight is 350 g/mol. The summed E-state index contributed by atoms with van der Waals surface area (Å²) in [5.74, 6) is 0.299. The van der Waals surface area contributed by atoms with E-state index < -0.39 is 0 Å². The fourth-order valence-corrected chi connectivity index (χ4v) is 1.03. The molecular formula is C13H10BrFeO3-. The van der Waals surface area contributed by atoms with Crippen LogP contribution in [-0.4, -0.2) is 5.11 Å². The van der Waals surface area contributed by atoms with Crippen molar-refractivity contribution in [3.8, 4) is 5.75 Å². The third-order valence-corrected chi connectivity index (χ3v) is 1.91. The molecule has 2 radical (unpaired) electrons. The average Bonchev–Trinajstić information content (AvgIpc) is 2.97. The molecule has 0 unspecified atom stereocenters. The van der Waals surface area contributed by atoms with E-state index in [2.05, 4.69) is 29.2 Å². The molecule has 0 spiro atoms. The maximum Gasteiger partial charge on any atom is 0 e. The number of halogens is 1. The van der Waals surface area contributed by atoms with Crippen molar-refractivity contribution < 1.29 is 31.5 Å². The zero-order valence-electron chi connectivity index (χ0n) is 9.19. The smallest absolute Gasteiger partial charge is 0 e. The van der Waals surface area contributed by atoms with Gasteiger partial charge in [0.25, 0.3) is 0 Å². The van der Waals surface area contributed by atoms with Crippen molar-refractivity contribution >= 4 is 15.9 Å². The molecule has 0 saturated heterocycles. The van der Waals surface area contributed by atoms with Gasteiger partial charge in [0, 0.05) is 21.5 Å². The van der Waals surface area contributed by atoms with Crippen LogP contribution in [0, 0.1) is 32.6 Å². The van der Waals surface area contributed by atoms with Gasteiger partial charge in [-0.25, -0.2) is 18.6 Å². The van der Waals surface area contributed by atoms with Gasteiger partial charge in [-0.1, -0.05) is 15.9 Å². The predicted octanol–water partition coefficient (Wildman–Crippen LogP) is 3.25. The first kappa shape index (κ1) is 22.3. The monoisotopic (exact) mass is 349 g/mol. The van der Waals surface area contributed by atoms with Crippen LogP contribution in [0.4, 0.5) is 0 Å². The Hall–Kier alpha value is -0.891. The Kier molecular flexibility index (Phi) is 22.9. The first-order chi connectivity index (χ1) is 8.29. The Morgan fingerprint density at radius 3 is 1.78 bits per heavy atom. The second-order valence-corrected chi connectivity index (χ2v) is 3.35. The maximum absolute atomic E-state index is 8.74. The van der Waals surface area contributed by atoms with Gasteiger partial charge in [0.1, 0.15) is 5.75 Å². The van der Waals surface area contributed by atoms with Crippen LogP contribution in [0.15, 0.2) is 40.9 Å². The van der Waals surface area contributed by atoms with Crippen molar-refractivity contribution in [2.45, 2.75) is 0 Å². The van der Waals surface area contributed by atoms with E-state index in [9.17, 15) is 0 Å². The molecule has 1 aliphatic rings. The van der Waals surface area contributed by atoms with Gasteiger partial charge < -0.3 is 5.11 Å². The predicted molar refractivity (Wildman–Crippen MR) is 65.7 cm³/mol. The van der Waals surface area contributed by atoms with Gasteiger partial charge >= 0.3 is 22.6 Å². The van der Waals surface area contributed by atoms with Gasteiger partial charge in [-0.3, -0.25) is 0 Å². The minimum absolute atomic E-state index is 0. The van der Waals surface area contributed by atoms with Crippen LogP contribution >= 0.6 is 15.9 Å². The molecule has 3 nitrogen and oxygen atoms in total. The zero-order chi connectivity index (χ0) is 13.5. The largest absolute Gasteiger partial charge is 0.231 e. The van der Waals surface area contributed by atoms with Crippen LogP contribution in [-0.2, 0) is 26.4 Å². The zero-order valence-corrected chi connectivity index (χ0v) is 11.9. The van der Waals surface area contributed by atoms with Crippen LogP contribution in [0.5, 0.6) is 5.75 Å². The molecule has 0 atom stereocenters. The van der Waals surface area contributed by atoms with Crippen molar-refractivity contribution in [2.75, 3.05) is 0 Å². The summed E-state index contributed by atoms with van der Waals surface area (Å²) < 4.78 is 16.0. The van der Waals surface area contributed by atoms with Gasteiger partial charge in [-0.15, -0.1) is 12.8 Å². The molecule has 0 bridgehead atoms. The molecule has 0 saturated carbocycles. The molecule has 0 aromatic heterocycles. The minimum atomic E-state index is 0. The summed E-state index contributed by atoms with van der Waals surface area (Å²) in [5.41, 5.74) is 0. The van der Waals surface area contributed by atoms with E-state index in [1.54, 1.807) is 24.3 Å². The maximum atomic E-state index is 8.74. The summed E-state index contributed by atoms with van der Waals surface area (Å²) in [6.07, 6.45) is 10.0. The molecular weight excluding hydrogens is 340 g/mol. The summed E-state index contributed by atoms with van der Waals surface area (Å²) >= 11 is 3.23. The molecule has 18 heavy (non-hydrogen) atoms. The number of hydrogen-bond donors (Lipinski definition) is 1. The number of phenolic OH excluding ortho intramolecular Hbond substituents is 1. The number of rotatable bonds is 0. The summed E-state index contributed by atoms with van der Waals surface area (Å²) in [6.45, 7) is 9.00. The van der Waals surface area contributed by atoms with E-state index in [-0.39, 0.29) is 17.1 Å². The van der Waals surface area contributed by atoms with Crippen LogP contribution < -0.4 is 0 Å². The van der Waals surface area contributed by atoms with Crippen molar-refractivity contribution in [2.24, 2.45) is 0 Å². The summed E-state index contributed by atoms with van der Waals surface area (Å²) in [6, 6.07) is 6.83. The Bertz CT molecular complexity index is 311. The van der Waals surface area contributed by atoms with E-state index in [1.165, 1.54) is 0 Å². The number of benzene rings is 1. The minimum Gasteiger partial charge on any atom is -0.231 e. The van der Waals surface area contributed by atoms with E-state index in [0.29, 0.717) is 5.75 Å². The summed E-state index contributed by atoms with van der Waals surface area (Å²) in [7, 11) is 0. The van der Waals surface area contributed by atoms with Crippen molar-refractivity contribution in [3.05, 3.63) is 73.5 Å². The van der Waals surface area contributed by atoms with Gasteiger partial charge in [0.15, 0.2) is 0 Å². The molecule has 2 rings (SSSR count). The van der Waals surface area contributed by atoms with Gasteiger partial charge in [-0.05, 0) is 24.3 Å². The fourth-order valence-electron chi connectivity index (χ4n) is 0.762. The normalized spacial score (nSPS) is 9.61. The molecule has 1 aromatic carbocycles. The number of phenols is 1. The summed E-state index contributed by atoms with van der Waals surface area (Å²) in [4.78, 5) is 0. The number of allylic oxidation sites excluding steroid dienone is 2. The molecule has 0 fully saturated rings. The molecule has 5 heteroatoms. The molecule has 0 aliphatic heterocycles. The molecule has 0 amide bonds. The van der Waals surface area contributed by atoms with E-state index in [0.717, 1.165) is 4.47 Å². The third kappa shape index (κ3) is 15.1. The van der Waals surface area contributed by atoms with E-state index in [4.69, 9.17) is 14.4 Å². The Labute approximate surface area is 126 Å². The Morgan fingerprint density at radius 2 is 1.56 bits per heavy atom. The summed E-state index contributed by atoms with van der Waals surface area (Å²) in [5, 5.41) is 8.74. The van der Waals surface area contributed by atoms with Crippen molar-refractivity contribution in [1.29, 1.82) is 0 Å². The van der Waals surface area contributed by atoms with Gasteiger partial charge in [-0.2, -0.15) is 0 Å². The molecule has 1 aromatic rings. The van der Waals surface area contributed by atoms with Crippen LogP contribution in [0.2, 0.25) is 0 Å². The first-order valence-corrected chi connectivity index (χ1v) is 5.10. The first-order valence-electron chi connectivity index (χ1n) is 4.31. The molecule has 1 aliphatic carbocycles. The van der Waals surface area contributed by atoms with Gasteiger partial charge in [0.2, 0.25) is 0 Å². The van der Waals surface area contributed by atoms with Crippen LogP contribution in [0.1, 0.15) is 0 Å². The molecule has 0 heterocycles. The number of aromatic hydroxyl groups is 1. The van der Waals surface area contributed by atoms with Crippen molar-refractivity contribution in [3.63, 3.8) is 0 Å². The molecule has 1 N–H and O–H groups in total. The molecule has 96 valence electrons. The van der Waals surface area contributed by atoms with Crippen LogP contribution in [0.25, 0.3) is 0 Å². The SMILES string of the molecule is Oc1ccc(Br)cc1.[C-]#[O+].[C-]#[O+].[CH]1[CH][CH-]C=C1.[Fe]. The Balaban J connectivity index is -0.000000196. The second kappa shape index (κ2) is 18.5. The standard InChI is InChI=1S/C6H5BrO.C5H5.2CO.Fe/c7-5-1-3-6(8)4-2-5;1-2-4-5-3-1;2*1-2;/h1-4,8H;1-5H;;;/q;-1;;;. The Morgan fingerprint density at radius 1 is 1.06 bits per heavy atom. The quantitative estimate of drug-likeness (QED) is 0.436. The van der Waals surface area contributed by atoms with Gasteiger partial charge in [0.05, 0.1) is 0 Å². The second-order valence-electron chi connectivity index (χ2n) is 2.44. The van der Waals surface area contributed by atoms with Crippen LogP contribution in [0.3, 0.4) is 0 Å². The number of hydrogen-bond acceptors (Lipinski definition) is 1.